The van der Waals surface area contributed by atoms with Gasteiger partial charge in [-0.05, 0) is 52.0 Å². The zero-order chi connectivity index (χ0) is 21.3. The average Bonchev–Trinajstić information content (AvgIpc) is 2.78. The zero-order valence-electron chi connectivity index (χ0n) is 18.7. The van der Waals surface area contributed by atoms with Crippen LogP contribution in [0.3, 0.4) is 0 Å². The van der Waals surface area contributed by atoms with E-state index < -0.39 is 0 Å². The van der Waals surface area contributed by atoms with Crippen LogP contribution in [0.4, 0.5) is 0 Å². The van der Waals surface area contributed by atoms with Crippen LogP contribution in [0, 0.1) is 18.8 Å². The topological polar surface area (TPSA) is 63.2 Å². The summed E-state index contributed by atoms with van der Waals surface area (Å²) in [4.78, 5) is 19.4. The monoisotopic (exact) mass is 415 g/mol. The van der Waals surface area contributed by atoms with Crippen LogP contribution in [-0.2, 0) is 14.3 Å². The summed E-state index contributed by atoms with van der Waals surface area (Å²) in [6.07, 6.45) is 4.16. The van der Waals surface area contributed by atoms with Gasteiger partial charge in [-0.3, -0.25) is 9.79 Å². The fourth-order valence-corrected chi connectivity index (χ4v) is 4.41. The lowest BCUT2D eigenvalue weighted by Gasteiger charge is -2.35. The second-order valence-electron chi connectivity index (χ2n) is 8.34. The van der Waals surface area contributed by atoms with Crippen molar-refractivity contribution in [1.82, 2.24) is 10.2 Å². The van der Waals surface area contributed by atoms with Gasteiger partial charge in [0, 0.05) is 38.7 Å². The maximum atomic E-state index is 12.2. The fraction of sp³-hybridized carbons (Fsp3) is 0.667. The second kappa shape index (κ2) is 11.3. The highest BCUT2D eigenvalue weighted by atomic mass is 16.5. The number of benzene rings is 1. The number of guanidine groups is 1. The summed E-state index contributed by atoms with van der Waals surface area (Å²) in [5.41, 5.74) is 2.51. The minimum atomic E-state index is -0.0850. The SMILES string of the molecule is CCNC(=NCC1CCCOC1c1ccc(C)cc1)N1CCCC(C(=O)OCC)C1. The Bertz CT molecular complexity index is 704. The molecule has 0 saturated carbocycles. The van der Waals surface area contributed by atoms with Gasteiger partial charge in [-0.2, -0.15) is 0 Å². The number of piperidine rings is 1. The molecule has 0 amide bonds. The number of hydrogen-bond donors (Lipinski definition) is 1. The quantitative estimate of drug-likeness (QED) is 0.436. The molecule has 2 saturated heterocycles. The Morgan fingerprint density at radius 2 is 2.03 bits per heavy atom. The van der Waals surface area contributed by atoms with E-state index in [0.717, 1.165) is 57.9 Å². The number of ether oxygens (including phenoxy) is 2. The van der Waals surface area contributed by atoms with Crippen molar-refractivity contribution in [2.45, 2.75) is 52.6 Å². The minimum Gasteiger partial charge on any atom is -0.466 e. The van der Waals surface area contributed by atoms with Crippen LogP contribution in [-0.4, -0.2) is 56.2 Å². The lowest BCUT2D eigenvalue weighted by Crippen LogP contribution is -2.48. The first kappa shape index (κ1) is 22.6. The van der Waals surface area contributed by atoms with Crippen LogP contribution >= 0.6 is 0 Å². The molecule has 0 aromatic heterocycles. The Morgan fingerprint density at radius 3 is 2.77 bits per heavy atom. The highest BCUT2D eigenvalue weighted by molar-refractivity contribution is 5.81. The van der Waals surface area contributed by atoms with Crippen molar-refractivity contribution in [3.63, 3.8) is 0 Å². The number of rotatable bonds is 6. The summed E-state index contributed by atoms with van der Waals surface area (Å²) in [6.45, 7) is 10.4. The van der Waals surface area contributed by atoms with Gasteiger partial charge >= 0.3 is 5.97 Å². The number of aliphatic imine (C=N–C) groups is 1. The summed E-state index contributed by atoms with van der Waals surface area (Å²) in [7, 11) is 0. The van der Waals surface area contributed by atoms with E-state index in [2.05, 4.69) is 48.3 Å². The molecule has 30 heavy (non-hydrogen) atoms. The Hall–Kier alpha value is -2.08. The molecule has 2 heterocycles. The van der Waals surface area contributed by atoms with E-state index >= 15 is 0 Å². The van der Waals surface area contributed by atoms with E-state index in [1.54, 1.807) is 0 Å². The number of carbonyl (C=O) groups excluding carboxylic acids is 1. The maximum absolute atomic E-state index is 12.2. The van der Waals surface area contributed by atoms with Crippen LogP contribution in [0.1, 0.15) is 56.8 Å². The number of nitrogens with zero attached hydrogens (tertiary/aromatic N) is 2. The van der Waals surface area contributed by atoms with Crippen molar-refractivity contribution in [3.05, 3.63) is 35.4 Å². The van der Waals surface area contributed by atoms with Crippen molar-refractivity contribution < 1.29 is 14.3 Å². The zero-order valence-corrected chi connectivity index (χ0v) is 18.7. The van der Waals surface area contributed by atoms with Gasteiger partial charge in [0.15, 0.2) is 5.96 Å². The van der Waals surface area contributed by atoms with E-state index in [-0.39, 0.29) is 18.0 Å². The van der Waals surface area contributed by atoms with Crippen molar-refractivity contribution in [2.24, 2.45) is 16.8 Å². The van der Waals surface area contributed by atoms with E-state index in [9.17, 15) is 4.79 Å². The molecule has 1 N–H and O–H groups in total. The molecule has 166 valence electrons. The van der Waals surface area contributed by atoms with Crippen LogP contribution in [0.25, 0.3) is 0 Å². The predicted octanol–water partition coefficient (Wildman–Crippen LogP) is 3.70. The van der Waals surface area contributed by atoms with Crippen molar-refractivity contribution in [2.75, 3.05) is 39.4 Å². The molecule has 6 heteroatoms. The van der Waals surface area contributed by atoms with Crippen molar-refractivity contribution >= 4 is 11.9 Å². The third-order valence-corrected chi connectivity index (χ3v) is 6.00. The third kappa shape index (κ3) is 5.97. The number of hydrogen-bond acceptors (Lipinski definition) is 4. The van der Waals surface area contributed by atoms with Crippen molar-refractivity contribution in [1.29, 1.82) is 0 Å². The summed E-state index contributed by atoms with van der Waals surface area (Å²) < 4.78 is 11.4. The summed E-state index contributed by atoms with van der Waals surface area (Å²) in [5, 5.41) is 3.43. The molecule has 2 fully saturated rings. The molecule has 0 radical (unpaired) electrons. The standard InChI is InChI=1S/C24H37N3O3/c1-4-25-24(27-14-6-8-21(17-27)23(28)29-5-2)26-16-20-9-7-15-30-22(20)19-12-10-18(3)11-13-19/h10-13,20-22H,4-9,14-17H2,1-3H3,(H,25,26). The lowest BCUT2D eigenvalue weighted by atomic mass is 9.89. The molecule has 0 aliphatic carbocycles. The van der Waals surface area contributed by atoms with E-state index in [0.29, 0.717) is 19.1 Å². The van der Waals surface area contributed by atoms with Gasteiger partial charge in [0.1, 0.15) is 0 Å². The first-order chi connectivity index (χ1) is 14.6. The Balaban J connectivity index is 1.69. The fourth-order valence-electron chi connectivity index (χ4n) is 4.41. The van der Waals surface area contributed by atoms with E-state index in [4.69, 9.17) is 14.5 Å². The maximum Gasteiger partial charge on any atom is 0.310 e. The first-order valence-electron chi connectivity index (χ1n) is 11.5. The highest BCUT2D eigenvalue weighted by Crippen LogP contribution is 2.34. The second-order valence-corrected chi connectivity index (χ2v) is 8.34. The number of aryl methyl sites for hydroxylation is 1. The molecule has 2 aliphatic rings. The molecular weight excluding hydrogens is 378 g/mol. The normalized spacial score (nSPS) is 25.1. The summed E-state index contributed by atoms with van der Waals surface area (Å²) in [6, 6.07) is 8.67. The molecule has 3 rings (SSSR count). The van der Waals surface area contributed by atoms with Gasteiger partial charge in [-0.15, -0.1) is 0 Å². The lowest BCUT2D eigenvalue weighted by molar-refractivity contribution is -0.149. The summed E-state index contributed by atoms with van der Waals surface area (Å²) in [5.74, 6) is 1.11. The number of esters is 1. The molecule has 1 aromatic carbocycles. The molecule has 0 spiro atoms. The summed E-state index contributed by atoms with van der Waals surface area (Å²) >= 11 is 0. The molecule has 0 bridgehead atoms. The van der Waals surface area contributed by atoms with Gasteiger partial charge < -0.3 is 19.7 Å². The number of carbonyl (C=O) groups is 1. The molecule has 6 nitrogen and oxygen atoms in total. The van der Waals surface area contributed by atoms with Crippen LogP contribution in [0.5, 0.6) is 0 Å². The number of nitrogens with one attached hydrogen (secondary N) is 1. The first-order valence-corrected chi connectivity index (χ1v) is 11.5. The Labute approximate surface area is 181 Å². The smallest absolute Gasteiger partial charge is 0.310 e. The minimum absolute atomic E-state index is 0.0686. The Morgan fingerprint density at radius 1 is 1.23 bits per heavy atom. The van der Waals surface area contributed by atoms with Gasteiger partial charge in [0.05, 0.1) is 18.6 Å². The Kier molecular flexibility index (Phi) is 8.55. The molecular formula is C24H37N3O3. The average molecular weight is 416 g/mol. The van der Waals surface area contributed by atoms with E-state index in [1.807, 2.05) is 6.92 Å². The van der Waals surface area contributed by atoms with Gasteiger partial charge in [-0.1, -0.05) is 29.8 Å². The van der Waals surface area contributed by atoms with Crippen LogP contribution in [0.15, 0.2) is 29.3 Å². The third-order valence-electron chi connectivity index (χ3n) is 6.00. The van der Waals surface area contributed by atoms with Gasteiger partial charge in [-0.25, -0.2) is 0 Å². The van der Waals surface area contributed by atoms with Gasteiger partial charge in [0.25, 0.3) is 0 Å². The predicted molar refractivity (Wildman–Crippen MR) is 120 cm³/mol. The van der Waals surface area contributed by atoms with E-state index in [1.165, 1.54) is 11.1 Å². The molecule has 3 unspecified atom stereocenters. The van der Waals surface area contributed by atoms with Crippen LogP contribution < -0.4 is 5.32 Å². The largest absolute Gasteiger partial charge is 0.466 e. The van der Waals surface area contributed by atoms with Crippen molar-refractivity contribution in [3.8, 4) is 0 Å². The van der Waals surface area contributed by atoms with Crippen LogP contribution in [0.2, 0.25) is 0 Å². The van der Waals surface area contributed by atoms with Gasteiger partial charge in [0.2, 0.25) is 0 Å². The number of likely N-dealkylation sites (tertiary alicyclic amines) is 1. The highest BCUT2D eigenvalue weighted by Gasteiger charge is 2.30. The molecule has 3 atom stereocenters. The molecule has 1 aromatic rings. The molecule has 2 aliphatic heterocycles.